The van der Waals surface area contributed by atoms with E-state index in [0.29, 0.717) is 17.1 Å². The standard InChI is InChI=1S/C14H13N5O/c1-19(13-5-3-10(15)7-16-13)14(20)9-2-4-11-12(6-9)18-8-17-11/h2-8H,15H2,1H3,(H,17,18). The number of anilines is 2. The zero-order chi connectivity index (χ0) is 14.1. The SMILES string of the molecule is CN(C(=O)c1ccc2nc[nH]c2c1)c1ccc(N)cn1. The third kappa shape index (κ3) is 2.07. The Morgan fingerprint density at radius 3 is 2.85 bits per heavy atom. The molecule has 100 valence electrons. The molecule has 3 N–H and O–H groups in total. The molecule has 0 aliphatic heterocycles. The fraction of sp³-hybridized carbons (Fsp3) is 0.0714. The van der Waals surface area contributed by atoms with Crippen LogP contribution in [-0.2, 0) is 0 Å². The molecule has 0 saturated carbocycles. The van der Waals surface area contributed by atoms with Crippen LogP contribution in [-0.4, -0.2) is 27.9 Å². The first kappa shape index (κ1) is 12.2. The molecular formula is C14H13N5O. The molecule has 2 aromatic heterocycles. The van der Waals surface area contributed by atoms with Crippen molar-refractivity contribution in [1.82, 2.24) is 15.0 Å². The van der Waals surface area contributed by atoms with Crippen LogP contribution in [0.15, 0.2) is 42.9 Å². The number of imidazole rings is 1. The highest BCUT2D eigenvalue weighted by molar-refractivity contribution is 6.06. The Labute approximate surface area is 115 Å². The Balaban J connectivity index is 1.92. The van der Waals surface area contributed by atoms with Crippen molar-refractivity contribution < 1.29 is 4.79 Å². The summed E-state index contributed by atoms with van der Waals surface area (Å²) in [6.45, 7) is 0. The Kier molecular flexibility index (Phi) is 2.83. The molecule has 0 radical (unpaired) electrons. The highest BCUT2D eigenvalue weighted by Crippen LogP contribution is 2.17. The molecule has 20 heavy (non-hydrogen) atoms. The van der Waals surface area contributed by atoms with Gasteiger partial charge in [-0.1, -0.05) is 0 Å². The van der Waals surface area contributed by atoms with Crippen molar-refractivity contribution in [3.8, 4) is 0 Å². The van der Waals surface area contributed by atoms with Crippen LogP contribution in [0.4, 0.5) is 11.5 Å². The average molecular weight is 267 g/mol. The number of carbonyl (C=O) groups excluding carboxylic acids is 1. The summed E-state index contributed by atoms with van der Waals surface area (Å²) in [4.78, 5) is 25.1. The molecular weight excluding hydrogens is 254 g/mol. The number of rotatable bonds is 2. The predicted octanol–water partition coefficient (Wildman–Crippen LogP) is 1.82. The van der Waals surface area contributed by atoms with E-state index >= 15 is 0 Å². The summed E-state index contributed by atoms with van der Waals surface area (Å²) in [5, 5.41) is 0. The number of carbonyl (C=O) groups is 1. The first-order valence-corrected chi connectivity index (χ1v) is 6.08. The number of nitrogens with one attached hydrogen (secondary N) is 1. The number of hydrogen-bond donors (Lipinski definition) is 2. The summed E-state index contributed by atoms with van der Waals surface area (Å²) in [7, 11) is 1.68. The maximum absolute atomic E-state index is 12.4. The molecule has 0 spiro atoms. The van der Waals surface area contributed by atoms with Gasteiger partial charge >= 0.3 is 0 Å². The van der Waals surface area contributed by atoms with E-state index in [4.69, 9.17) is 5.73 Å². The van der Waals surface area contributed by atoms with E-state index in [0.717, 1.165) is 11.0 Å². The van der Waals surface area contributed by atoms with Gasteiger partial charge < -0.3 is 10.7 Å². The molecule has 3 rings (SSSR count). The maximum Gasteiger partial charge on any atom is 0.259 e. The number of aromatic nitrogens is 3. The summed E-state index contributed by atoms with van der Waals surface area (Å²) >= 11 is 0. The minimum absolute atomic E-state index is 0.140. The molecule has 0 fully saturated rings. The Bertz CT molecular complexity index is 763. The number of pyridine rings is 1. The molecule has 1 aromatic carbocycles. The second-order valence-electron chi connectivity index (χ2n) is 4.45. The van der Waals surface area contributed by atoms with Crippen LogP contribution in [0.5, 0.6) is 0 Å². The zero-order valence-corrected chi connectivity index (χ0v) is 10.9. The molecule has 0 bridgehead atoms. The van der Waals surface area contributed by atoms with E-state index in [1.54, 1.807) is 37.6 Å². The Hall–Kier alpha value is -2.89. The van der Waals surface area contributed by atoms with E-state index in [1.807, 2.05) is 6.07 Å². The van der Waals surface area contributed by atoms with E-state index in [9.17, 15) is 4.79 Å². The predicted molar refractivity (Wildman–Crippen MR) is 77.5 cm³/mol. The monoisotopic (exact) mass is 267 g/mol. The van der Waals surface area contributed by atoms with Crippen molar-refractivity contribution in [2.75, 3.05) is 17.7 Å². The van der Waals surface area contributed by atoms with Crippen molar-refractivity contribution in [3.05, 3.63) is 48.4 Å². The molecule has 0 saturated heterocycles. The van der Waals surface area contributed by atoms with Crippen LogP contribution in [0.3, 0.4) is 0 Å². The van der Waals surface area contributed by atoms with Crippen LogP contribution >= 0.6 is 0 Å². The topological polar surface area (TPSA) is 87.9 Å². The molecule has 2 heterocycles. The van der Waals surface area contributed by atoms with Crippen LogP contribution in [0.2, 0.25) is 0 Å². The van der Waals surface area contributed by atoms with Crippen LogP contribution < -0.4 is 10.6 Å². The highest BCUT2D eigenvalue weighted by Gasteiger charge is 2.15. The first-order valence-electron chi connectivity index (χ1n) is 6.08. The lowest BCUT2D eigenvalue weighted by Gasteiger charge is -2.16. The average Bonchev–Trinajstić information content (AvgIpc) is 2.94. The van der Waals surface area contributed by atoms with Gasteiger partial charge in [-0.2, -0.15) is 0 Å². The number of nitrogens with two attached hydrogens (primary N) is 1. The lowest BCUT2D eigenvalue weighted by atomic mass is 10.2. The number of nitrogen functional groups attached to an aromatic ring is 1. The van der Waals surface area contributed by atoms with Gasteiger partial charge in [0, 0.05) is 12.6 Å². The number of nitrogens with zero attached hydrogens (tertiary/aromatic N) is 3. The number of hydrogen-bond acceptors (Lipinski definition) is 4. The molecule has 0 unspecified atom stereocenters. The van der Waals surface area contributed by atoms with Gasteiger partial charge in [0.15, 0.2) is 0 Å². The molecule has 0 aliphatic rings. The van der Waals surface area contributed by atoms with Crippen molar-refractivity contribution in [2.45, 2.75) is 0 Å². The summed E-state index contributed by atoms with van der Waals surface area (Å²) in [5.74, 6) is 0.410. The molecule has 0 aliphatic carbocycles. The number of H-pyrrole nitrogens is 1. The van der Waals surface area contributed by atoms with Crippen LogP contribution in [0.1, 0.15) is 10.4 Å². The molecule has 3 aromatic rings. The van der Waals surface area contributed by atoms with E-state index in [1.165, 1.54) is 11.1 Å². The van der Waals surface area contributed by atoms with Crippen molar-refractivity contribution in [3.63, 3.8) is 0 Å². The Morgan fingerprint density at radius 1 is 1.25 bits per heavy atom. The Morgan fingerprint density at radius 2 is 2.10 bits per heavy atom. The number of amides is 1. The van der Waals surface area contributed by atoms with Gasteiger partial charge in [0.05, 0.1) is 29.2 Å². The van der Waals surface area contributed by atoms with E-state index in [2.05, 4.69) is 15.0 Å². The smallest absolute Gasteiger partial charge is 0.259 e. The van der Waals surface area contributed by atoms with Crippen LogP contribution in [0, 0.1) is 0 Å². The fourth-order valence-corrected chi connectivity index (χ4v) is 1.96. The summed E-state index contributed by atoms with van der Waals surface area (Å²) in [6.07, 6.45) is 3.13. The van der Waals surface area contributed by atoms with Gasteiger partial charge in [-0.15, -0.1) is 0 Å². The van der Waals surface area contributed by atoms with Gasteiger partial charge in [0.25, 0.3) is 5.91 Å². The largest absolute Gasteiger partial charge is 0.397 e. The third-order valence-electron chi connectivity index (χ3n) is 3.09. The minimum atomic E-state index is -0.140. The summed E-state index contributed by atoms with van der Waals surface area (Å²) in [5.41, 5.74) is 8.38. The second-order valence-corrected chi connectivity index (χ2v) is 4.45. The summed E-state index contributed by atoms with van der Waals surface area (Å²) in [6, 6.07) is 8.76. The number of aromatic amines is 1. The van der Waals surface area contributed by atoms with E-state index < -0.39 is 0 Å². The molecule has 1 amide bonds. The molecule has 6 heteroatoms. The quantitative estimate of drug-likeness (QED) is 0.741. The van der Waals surface area contributed by atoms with Gasteiger partial charge in [-0.25, -0.2) is 9.97 Å². The van der Waals surface area contributed by atoms with Gasteiger partial charge in [0.2, 0.25) is 0 Å². The van der Waals surface area contributed by atoms with Crippen molar-refractivity contribution in [2.24, 2.45) is 0 Å². The van der Waals surface area contributed by atoms with Gasteiger partial charge in [-0.05, 0) is 30.3 Å². The lowest BCUT2D eigenvalue weighted by molar-refractivity contribution is 0.0992. The van der Waals surface area contributed by atoms with Gasteiger partial charge in [0.1, 0.15) is 5.82 Å². The van der Waals surface area contributed by atoms with E-state index in [-0.39, 0.29) is 5.91 Å². The fourth-order valence-electron chi connectivity index (χ4n) is 1.96. The molecule has 6 nitrogen and oxygen atoms in total. The van der Waals surface area contributed by atoms with Crippen molar-refractivity contribution in [1.29, 1.82) is 0 Å². The number of fused-ring (bicyclic) bond motifs is 1. The van der Waals surface area contributed by atoms with Crippen LogP contribution in [0.25, 0.3) is 11.0 Å². The second kappa shape index (κ2) is 4.65. The molecule has 0 atom stereocenters. The van der Waals surface area contributed by atoms with Crippen molar-refractivity contribution >= 4 is 28.4 Å². The summed E-state index contributed by atoms with van der Waals surface area (Å²) < 4.78 is 0. The zero-order valence-electron chi connectivity index (χ0n) is 10.9. The third-order valence-corrected chi connectivity index (χ3v) is 3.09. The highest BCUT2D eigenvalue weighted by atomic mass is 16.2. The maximum atomic E-state index is 12.4. The minimum Gasteiger partial charge on any atom is -0.397 e. The normalized spacial score (nSPS) is 10.7. The van der Waals surface area contributed by atoms with Gasteiger partial charge in [-0.3, -0.25) is 9.69 Å². The number of benzene rings is 1. The lowest BCUT2D eigenvalue weighted by Crippen LogP contribution is -2.27. The first-order chi connectivity index (χ1) is 9.65.